The van der Waals surface area contributed by atoms with Crippen LogP contribution < -0.4 is 25.4 Å². The highest BCUT2D eigenvalue weighted by molar-refractivity contribution is 5.96. The largest absolute Gasteiger partial charge is 0.497 e. The van der Waals surface area contributed by atoms with Crippen molar-refractivity contribution in [3.8, 4) is 17.3 Å². The summed E-state index contributed by atoms with van der Waals surface area (Å²) in [6.07, 6.45) is -0.447. The molecule has 0 bridgehead atoms. The molecule has 0 atom stereocenters. The minimum atomic E-state index is -0.756. The van der Waals surface area contributed by atoms with Crippen molar-refractivity contribution in [2.45, 2.75) is 19.6 Å². The Hall–Kier alpha value is -5.13. The summed E-state index contributed by atoms with van der Waals surface area (Å²) < 4.78 is 22.1. The molecule has 1 aliphatic rings. The van der Waals surface area contributed by atoms with Gasteiger partial charge >= 0.3 is 11.8 Å². The van der Waals surface area contributed by atoms with Gasteiger partial charge in [0.05, 0.1) is 13.7 Å². The summed E-state index contributed by atoms with van der Waals surface area (Å²) in [6, 6.07) is 19.8. The zero-order valence-electron chi connectivity index (χ0n) is 21.0. The van der Waals surface area contributed by atoms with Gasteiger partial charge in [-0.05, 0) is 35.4 Å². The molecule has 5 rings (SSSR count). The number of anilines is 1. The average Bonchev–Trinajstić information content (AvgIpc) is 3.34. The summed E-state index contributed by atoms with van der Waals surface area (Å²) >= 11 is 0. The maximum Gasteiger partial charge on any atom is 0.443 e. The summed E-state index contributed by atoms with van der Waals surface area (Å²) in [7, 11) is 1.58. The van der Waals surface area contributed by atoms with Crippen molar-refractivity contribution >= 4 is 17.8 Å². The summed E-state index contributed by atoms with van der Waals surface area (Å²) in [6.45, 7) is 0.408. The molecule has 0 saturated carbocycles. The minimum Gasteiger partial charge on any atom is -0.497 e. The zero-order valence-corrected chi connectivity index (χ0v) is 21.0. The molecule has 1 N–H and O–H groups in total. The van der Waals surface area contributed by atoms with Crippen molar-refractivity contribution in [1.29, 1.82) is 0 Å². The minimum absolute atomic E-state index is 0.102. The van der Waals surface area contributed by atoms with Crippen molar-refractivity contribution in [2.24, 2.45) is 0 Å². The second-order valence-electron chi connectivity index (χ2n) is 8.52. The molecular formula is C27H25N5O7. The fourth-order valence-electron chi connectivity index (χ4n) is 3.87. The van der Waals surface area contributed by atoms with Gasteiger partial charge in [0.15, 0.2) is 24.0 Å². The molecule has 0 spiro atoms. The zero-order chi connectivity index (χ0) is 27.2. The predicted octanol–water partition coefficient (Wildman–Crippen LogP) is 2.62. The molecule has 0 unspecified atom stereocenters. The Labute approximate surface area is 222 Å². The fraction of sp³-hybridized carbons (Fsp3) is 0.222. The summed E-state index contributed by atoms with van der Waals surface area (Å²) in [4.78, 5) is 43.1. The van der Waals surface area contributed by atoms with E-state index in [1.165, 1.54) is 4.90 Å². The van der Waals surface area contributed by atoms with Crippen LogP contribution in [0.1, 0.15) is 17.0 Å². The predicted molar refractivity (Wildman–Crippen MR) is 138 cm³/mol. The van der Waals surface area contributed by atoms with E-state index in [9.17, 15) is 14.4 Å². The number of benzene rings is 2. The lowest BCUT2D eigenvalue weighted by atomic mass is 10.2. The molecule has 3 heterocycles. The van der Waals surface area contributed by atoms with Gasteiger partial charge in [0.1, 0.15) is 12.4 Å². The third-order valence-electron chi connectivity index (χ3n) is 5.86. The number of amides is 2. The highest BCUT2D eigenvalue weighted by Gasteiger charge is 2.28. The van der Waals surface area contributed by atoms with Crippen molar-refractivity contribution in [1.82, 2.24) is 20.1 Å². The first kappa shape index (κ1) is 25.5. The highest BCUT2D eigenvalue weighted by atomic mass is 16.5. The van der Waals surface area contributed by atoms with Crippen molar-refractivity contribution in [3.05, 3.63) is 94.3 Å². The number of fused-ring (bicyclic) bond motifs is 1. The Bertz CT molecular complexity index is 1520. The molecule has 12 nitrogen and oxygen atoms in total. The Morgan fingerprint density at radius 2 is 1.82 bits per heavy atom. The number of rotatable bonds is 9. The van der Waals surface area contributed by atoms with Gasteiger partial charge in [-0.25, -0.2) is 14.6 Å². The van der Waals surface area contributed by atoms with Crippen LogP contribution in [0.2, 0.25) is 0 Å². The van der Waals surface area contributed by atoms with Gasteiger partial charge in [-0.1, -0.05) is 42.5 Å². The molecule has 0 aliphatic carbocycles. The molecule has 200 valence electrons. The van der Waals surface area contributed by atoms with Gasteiger partial charge in [-0.2, -0.15) is 0 Å². The van der Waals surface area contributed by atoms with Gasteiger partial charge in [0.2, 0.25) is 5.89 Å². The van der Waals surface area contributed by atoms with Crippen LogP contribution in [0.4, 0.5) is 10.6 Å². The molecule has 2 aromatic carbocycles. The maximum absolute atomic E-state index is 12.7. The Kier molecular flexibility index (Phi) is 7.53. The smallest absolute Gasteiger partial charge is 0.443 e. The molecule has 12 heteroatoms. The van der Waals surface area contributed by atoms with E-state index in [4.69, 9.17) is 18.6 Å². The molecule has 0 saturated heterocycles. The number of nitrogens with one attached hydrogen (secondary N) is 1. The van der Waals surface area contributed by atoms with Gasteiger partial charge in [-0.15, -0.1) is 9.78 Å². The average molecular weight is 532 g/mol. The maximum atomic E-state index is 12.7. The first-order valence-electron chi connectivity index (χ1n) is 12.1. The number of alkyl carbamates (subject to hydrolysis) is 1. The standard InChI is InChI=1S/C27H25N5O7/c1-36-20-9-7-18(8-10-20)15-31-24(33)17-37-21-11-12-22(29-25(21)31)32-27(35)39-23(30-32)13-14-28-26(34)38-16-19-5-3-2-4-6-19/h2-12H,13-17H2,1H3,(H,28,34). The van der Waals surface area contributed by atoms with Crippen molar-refractivity contribution < 1.29 is 28.2 Å². The van der Waals surface area contributed by atoms with E-state index >= 15 is 0 Å². The number of hydrogen-bond donors (Lipinski definition) is 1. The molecule has 2 amide bonds. The van der Waals surface area contributed by atoms with Crippen LogP contribution >= 0.6 is 0 Å². The van der Waals surface area contributed by atoms with E-state index < -0.39 is 11.8 Å². The van der Waals surface area contributed by atoms with Gasteiger partial charge < -0.3 is 23.9 Å². The number of methoxy groups -OCH3 is 1. The van der Waals surface area contributed by atoms with Crippen LogP contribution in [0.25, 0.3) is 5.82 Å². The summed E-state index contributed by atoms with van der Waals surface area (Å²) in [5.74, 6) is 0.594. The third kappa shape index (κ3) is 6.06. The number of carbonyl (C=O) groups is 2. The third-order valence-corrected chi connectivity index (χ3v) is 5.86. The van der Waals surface area contributed by atoms with E-state index in [1.54, 1.807) is 31.4 Å². The van der Waals surface area contributed by atoms with Crippen molar-refractivity contribution in [3.63, 3.8) is 0 Å². The van der Waals surface area contributed by atoms with Gasteiger partial charge in [0.25, 0.3) is 5.91 Å². The van der Waals surface area contributed by atoms with E-state index in [2.05, 4.69) is 15.4 Å². The Balaban J connectivity index is 1.25. The lowest BCUT2D eigenvalue weighted by Crippen LogP contribution is -2.39. The lowest BCUT2D eigenvalue weighted by Gasteiger charge is -2.28. The second-order valence-corrected chi connectivity index (χ2v) is 8.52. The molecule has 0 radical (unpaired) electrons. The Morgan fingerprint density at radius 3 is 2.59 bits per heavy atom. The van der Waals surface area contributed by atoms with Crippen LogP contribution in [-0.4, -0.2) is 47.0 Å². The van der Waals surface area contributed by atoms with E-state index in [0.29, 0.717) is 11.5 Å². The topological polar surface area (TPSA) is 138 Å². The number of hydrogen-bond acceptors (Lipinski definition) is 9. The summed E-state index contributed by atoms with van der Waals surface area (Å²) in [5.41, 5.74) is 1.73. The van der Waals surface area contributed by atoms with Gasteiger partial charge in [-0.3, -0.25) is 9.69 Å². The van der Waals surface area contributed by atoms with Crippen molar-refractivity contribution in [2.75, 3.05) is 25.2 Å². The van der Waals surface area contributed by atoms with Crippen LogP contribution in [0.5, 0.6) is 11.5 Å². The first-order chi connectivity index (χ1) is 19.0. The molecule has 2 aromatic heterocycles. The summed E-state index contributed by atoms with van der Waals surface area (Å²) in [5, 5.41) is 6.79. The SMILES string of the molecule is COc1ccc(CN2C(=O)COc3ccc(-n4nc(CCNC(=O)OCc5ccccc5)oc4=O)nc32)cc1. The van der Waals surface area contributed by atoms with Crippen LogP contribution in [0, 0.1) is 0 Å². The molecule has 39 heavy (non-hydrogen) atoms. The normalized spacial score (nSPS) is 12.4. The number of pyridine rings is 1. The van der Waals surface area contributed by atoms with Gasteiger partial charge in [0, 0.05) is 13.0 Å². The number of carbonyl (C=O) groups excluding carboxylic acids is 2. The molecule has 4 aromatic rings. The monoisotopic (exact) mass is 531 g/mol. The van der Waals surface area contributed by atoms with Crippen LogP contribution in [0.3, 0.4) is 0 Å². The second kappa shape index (κ2) is 11.5. The van der Waals surface area contributed by atoms with E-state index in [0.717, 1.165) is 15.8 Å². The molecule has 1 aliphatic heterocycles. The number of ether oxygens (including phenoxy) is 3. The molecule has 0 fully saturated rings. The first-order valence-corrected chi connectivity index (χ1v) is 12.1. The number of aromatic nitrogens is 3. The van der Waals surface area contributed by atoms with E-state index in [-0.39, 0.29) is 56.2 Å². The quantitative estimate of drug-likeness (QED) is 0.345. The van der Waals surface area contributed by atoms with Crippen LogP contribution in [0.15, 0.2) is 75.9 Å². The Morgan fingerprint density at radius 1 is 1.03 bits per heavy atom. The van der Waals surface area contributed by atoms with Crippen LogP contribution in [-0.2, 0) is 29.1 Å². The number of nitrogens with zero attached hydrogens (tertiary/aromatic N) is 4. The lowest BCUT2D eigenvalue weighted by molar-refractivity contribution is -0.121. The molecular weight excluding hydrogens is 506 g/mol. The fourth-order valence-corrected chi connectivity index (χ4v) is 3.87. The van der Waals surface area contributed by atoms with E-state index in [1.807, 2.05) is 42.5 Å². The highest BCUT2D eigenvalue weighted by Crippen LogP contribution is 2.32.